The summed E-state index contributed by atoms with van der Waals surface area (Å²) in [5.74, 6) is -0.320. The summed E-state index contributed by atoms with van der Waals surface area (Å²) < 4.78 is 15.4. The lowest BCUT2D eigenvalue weighted by molar-refractivity contribution is 0.592. The minimum atomic E-state index is -0.320. The molecule has 0 amide bonds. The summed E-state index contributed by atoms with van der Waals surface area (Å²) in [6.07, 6.45) is 2.29. The maximum Gasteiger partial charge on any atom is 0.127 e. The van der Waals surface area contributed by atoms with Crippen LogP contribution in [-0.2, 0) is 13.5 Å². The van der Waals surface area contributed by atoms with Crippen molar-refractivity contribution in [2.75, 3.05) is 0 Å². The van der Waals surface area contributed by atoms with Gasteiger partial charge in [0.25, 0.3) is 0 Å². The lowest BCUT2D eigenvalue weighted by atomic mass is 10.00. The molecule has 1 aromatic heterocycles. The number of aryl methyl sites for hydroxylation is 2. The third-order valence-electron chi connectivity index (χ3n) is 2.91. The van der Waals surface area contributed by atoms with Crippen molar-refractivity contribution in [3.05, 3.63) is 52.1 Å². The molecule has 0 saturated heterocycles. The van der Waals surface area contributed by atoms with Crippen LogP contribution >= 0.6 is 11.6 Å². The van der Waals surface area contributed by atoms with Gasteiger partial charge in [-0.05, 0) is 31.0 Å². The van der Waals surface area contributed by atoms with Gasteiger partial charge in [0.05, 0.1) is 5.69 Å². The van der Waals surface area contributed by atoms with E-state index in [4.69, 9.17) is 17.3 Å². The van der Waals surface area contributed by atoms with Gasteiger partial charge in [-0.3, -0.25) is 4.68 Å². The van der Waals surface area contributed by atoms with Gasteiger partial charge in [0, 0.05) is 29.9 Å². The molecule has 2 aromatic rings. The number of aromatic nitrogens is 2. The molecule has 0 aliphatic rings. The molecule has 0 saturated carbocycles. The molecule has 2 rings (SSSR count). The van der Waals surface area contributed by atoms with E-state index < -0.39 is 0 Å². The van der Waals surface area contributed by atoms with E-state index in [2.05, 4.69) is 5.10 Å². The van der Waals surface area contributed by atoms with Gasteiger partial charge in [0.2, 0.25) is 0 Å². The molecule has 96 valence electrons. The number of halogens is 2. The van der Waals surface area contributed by atoms with Gasteiger partial charge in [-0.15, -0.1) is 0 Å². The summed E-state index contributed by atoms with van der Waals surface area (Å²) in [6.45, 7) is 1.90. The van der Waals surface area contributed by atoms with E-state index in [0.29, 0.717) is 17.0 Å². The standard InChI is InChI=1S/C13H15ClFN3/c1-8-11(7-18(2)17-8)13(16)5-9-3-4-10(14)6-12(9)15/h3-4,6-7,13H,5,16H2,1-2H3. The van der Waals surface area contributed by atoms with Crippen LogP contribution in [0.2, 0.25) is 5.02 Å². The first-order chi connectivity index (χ1) is 8.47. The van der Waals surface area contributed by atoms with Crippen molar-refractivity contribution in [2.45, 2.75) is 19.4 Å². The number of rotatable bonds is 3. The molecule has 1 unspecified atom stereocenters. The van der Waals surface area contributed by atoms with Crippen molar-refractivity contribution < 1.29 is 4.39 Å². The predicted octanol–water partition coefficient (Wildman–Crippen LogP) is 2.76. The van der Waals surface area contributed by atoms with Crippen molar-refractivity contribution in [1.29, 1.82) is 0 Å². The van der Waals surface area contributed by atoms with Gasteiger partial charge in [-0.1, -0.05) is 17.7 Å². The van der Waals surface area contributed by atoms with E-state index in [1.807, 2.05) is 20.2 Å². The summed E-state index contributed by atoms with van der Waals surface area (Å²) in [7, 11) is 1.84. The summed E-state index contributed by atoms with van der Waals surface area (Å²) in [6, 6.07) is 4.38. The molecule has 3 nitrogen and oxygen atoms in total. The Balaban J connectivity index is 2.21. The van der Waals surface area contributed by atoms with Crippen molar-refractivity contribution in [2.24, 2.45) is 12.8 Å². The largest absolute Gasteiger partial charge is 0.324 e. The summed E-state index contributed by atoms with van der Waals surface area (Å²) >= 11 is 5.71. The SMILES string of the molecule is Cc1nn(C)cc1C(N)Cc1ccc(Cl)cc1F. The zero-order chi connectivity index (χ0) is 13.3. The normalized spacial score (nSPS) is 12.7. The van der Waals surface area contributed by atoms with Gasteiger partial charge in [0.15, 0.2) is 0 Å². The first-order valence-electron chi connectivity index (χ1n) is 5.67. The molecule has 0 radical (unpaired) electrons. The van der Waals surface area contributed by atoms with Gasteiger partial charge in [-0.2, -0.15) is 5.10 Å². The van der Waals surface area contributed by atoms with Crippen LogP contribution in [0.5, 0.6) is 0 Å². The molecular formula is C13H15ClFN3. The molecule has 1 aromatic carbocycles. The molecule has 5 heteroatoms. The average molecular weight is 268 g/mol. The fraction of sp³-hybridized carbons (Fsp3) is 0.308. The molecule has 2 N–H and O–H groups in total. The van der Waals surface area contributed by atoms with Gasteiger partial charge in [-0.25, -0.2) is 4.39 Å². The smallest absolute Gasteiger partial charge is 0.127 e. The lowest BCUT2D eigenvalue weighted by Gasteiger charge is -2.11. The van der Waals surface area contributed by atoms with Crippen molar-refractivity contribution in [3.63, 3.8) is 0 Å². The van der Waals surface area contributed by atoms with Crippen molar-refractivity contribution in [1.82, 2.24) is 9.78 Å². The molecule has 0 aliphatic heterocycles. The lowest BCUT2D eigenvalue weighted by Crippen LogP contribution is -2.14. The van der Waals surface area contributed by atoms with Crippen LogP contribution in [0.15, 0.2) is 24.4 Å². The molecule has 0 spiro atoms. The first kappa shape index (κ1) is 13.1. The summed E-state index contributed by atoms with van der Waals surface area (Å²) in [4.78, 5) is 0. The maximum atomic E-state index is 13.7. The van der Waals surface area contributed by atoms with E-state index in [1.54, 1.807) is 16.8 Å². The van der Waals surface area contributed by atoms with Crippen LogP contribution < -0.4 is 5.73 Å². The number of nitrogens with zero attached hydrogens (tertiary/aromatic N) is 2. The second-order valence-corrected chi connectivity index (χ2v) is 4.83. The minimum Gasteiger partial charge on any atom is -0.324 e. The number of nitrogens with two attached hydrogens (primary N) is 1. The zero-order valence-electron chi connectivity index (χ0n) is 10.3. The first-order valence-corrected chi connectivity index (χ1v) is 6.05. The molecule has 0 fully saturated rings. The number of benzene rings is 1. The van der Waals surface area contributed by atoms with Crippen LogP contribution in [0.4, 0.5) is 4.39 Å². The van der Waals surface area contributed by atoms with E-state index >= 15 is 0 Å². The maximum absolute atomic E-state index is 13.7. The number of hydrogen-bond acceptors (Lipinski definition) is 2. The van der Waals surface area contributed by atoms with Crippen molar-refractivity contribution >= 4 is 11.6 Å². The van der Waals surface area contributed by atoms with Crippen LogP contribution in [0.1, 0.15) is 22.9 Å². The fourth-order valence-corrected chi connectivity index (χ4v) is 2.17. The quantitative estimate of drug-likeness (QED) is 0.929. The zero-order valence-corrected chi connectivity index (χ0v) is 11.1. The highest BCUT2D eigenvalue weighted by Gasteiger charge is 2.15. The fourth-order valence-electron chi connectivity index (χ4n) is 2.02. The summed E-state index contributed by atoms with van der Waals surface area (Å²) in [5, 5.41) is 4.62. The minimum absolute atomic E-state index is 0.269. The Bertz CT molecular complexity index is 565. The molecule has 0 bridgehead atoms. The Morgan fingerprint density at radius 2 is 2.22 bits per heavy atom. The molecule has 1 atom stereocenters. The van der Waals surface area contributed by atoms with E-state index in [9.17, 15) is 4.39 Å². The third kappa shape index (κ3) is 2.71. The average Bonchev–Trinajstić information content (AvgIpc) is 2.62. The van der Waals surface area contributed by atoms with E-state index in [1.165, 1.54) is 6.07 Å². The molecular weight excluding hydrogens is 253 g/mol. The highest BCUT2D eigenvalue weighted by atomic mass is 35.5. The highest BCUT2D eigenvalue weighted by molar-refractivity contribution is 6.30. The van der Waals surface area contributed by atoms with Crippen LogP contribution in [0, 0.1) is 12.7 Å². The van der Waals surface area contributed by atoms with Gasteiger partial charge < -0.3 is 5.73 Å². The summed E-state index contributed by atoms with van der Waals surface area (Å²) in [5.41, 5.74) is 8.47. The topological polar surface area (TPSA) is 43.8 Å². The third-order valence-corrected chi connectivity index (χ3v) is 3.14. The Labute approximate surface area is 110 Å². The van der Waals surface area contributed by atoms with Gasteiger partial charge >= 0.3 is 0 Å². The monoisotopic (exact) mass is 267 g/mol. The molecule has 0 aliphatic carbocycles. The van der Waals surface area contributed by atoms with E-state index in [0.717, 1.165) is 11.3 Å². The van der Waals surface area contributed by atoms with Crippen LogP contribution in [0.3, 0.4) is 0 Å². The number of hydrogen-bond donors (Lipinski definition) is 1. The molecule has 1 heterocycles. The van der Waals surface area contributed by atoms with Crippen LogP contribution in [-0.4, -0.2) is 9.78 Å². The highest BCUT2D eigenvalue weighted by Crippen LogP contribution is 2.22. The predicted molar refractivity (Wildman–Crippen MR) is 70.0 cm³/mol. The Morgan fingerprint density at radius 3 is 2.78 bits per heavy atom. The Morgan fingerprint density at radius 1 is 1.50 bits per heavy atom. The van der Waals surface area contributed by atoms with Crippen LogP contribution in [0.25, 0.3) is 0 Å². The van der Waals surface area contributed by atoms with Crippen molar-refractivity contribution in [3.8, 4) is 0 Å². The Hall–Kier alpha value is -1.39. The van der Waals surface area contributed by atoms with Gasteiger partial charge in [0.1, 0.15) is 5.82 Å². The second kappa shape index (κ2) is 5.08. The second-order valence-electron chi connectivity index (χ2n) is 4.39. The van der Waals surface area contributed by atoms with E-state index in [-0.39, 0.29) is 11.9 Å². The molecule has 18 heavy (non-hydrogen) atoms. The Kier molecular flexibility index (Phi) is 3.68.